The van der Waals surface area contributed by atoms with E-state index in [0.717, 1.165) is 0 Å². The van der Waals surface area contributed by atoms with Crippen LogP contribution in [0, 0.1) is 0 Å². The van der Waals surface area contributed by atoms with Crippen LogP contribution in [0.5, 0.6) is 0 Å². The number of aliphatic hydroxyl groups excluding tert-OH is 1. The van der Waals surface area contributed by atoms with Crippen molar-refractivity contribution in [3.05, 3.63) is 11.5 Å². The maximum atomic E-state index is 9.19. The van der Waals surface area contributed by atoms with Crippen LogP contribution in [0.25, 0.3) is 0 Å². The summed E-state index contributed by atoms with van der Waals surface area (Å²) in [7, 11) is 0. The van der Waals surface area contributed by atoms with E-state index in [4.69, 9.17) is 17.3 Å². The van der Waals surface area contributed by atoms with Gasteiger partial charge in [-0.05, 0) is 20.3 Å². The molecule has 2 unspecified atom stereocenters. The lowest BCUT2D eigenvalue weighted by molar-refractivity contribution is 0.179. The van der Waals surface area contributed by atoms with Crippen LogP contribution in [0.4, 0.5) is 11.5 Å². The van der Waals surface area contributed by atoms with Gasteiger partial charge in [-0.1, -0.05) is 11.6 Å². The van der Waals surface area contributed by atoms with Gasteiger partial charge in [0, 0.05) is 6.04 Å². The van der Waals surface area contributed by atoms with E-state index in [2.05, 4.69) is 15.3 Å². The molecule has 15 heavy (non-hydrogen) atoms. The molecule has 1 aromatic rings. The second-order valence-electron chi connectivity index (χ2n) is 3.56. The summed E-state index contributed by atoms with van der Waals surface area (Å²) in [6.07, 6.45) is 1.59. The van der Waals surface area contributed by atoms with Crippen molar-refractivity contribution in [1.29, 1.82) is 0 Å². The van der Waals surface area contributed by atoms with Gasteiger partial charge in [0.25, 0.3) is 0 Å². The minimum atomic E-state index is -0.369. The van der Waals surface area contributed by atoms with Gasteiger partial charge in [-0.3, -0.25) is 0 Å². The molecule has 6 heteroatoms. The zero-order chi connectivity index (χ0) is 11.4. The molecule has 0 radical (unpaired) electrons. The van der Waals surface area contributed by atoms with E-state index in [1.54, 1.807) is 6.92 Å². The lowest BCUT2D eigenvalue weighted by Crippen LogP contribution is -2.22. The molecule has 84 valence electrons. The summed E-state index contributed by atoms with van der Waals surface area (Å²) in [5, 5.41) is 12.5. The Morgan fingerprint density at radius 3 is 2.80 bits per heavy atom. The maximum Gasteiger partial charge on any atom is 0.157 e. The minimum absolute atomic E-state index is 0.0678. The molecule has 0 aromatic carbocycles. The highest BCUT2D eigenvalue weighted by molar-refractivity contribution is 6.32. The second-order valence-corrected chi connectivity index (χ2v) is 3.91. The van der Waals surface area contributed by atoms with Crippen LogP contribution in [0.2, 0.25) is 5.15 Å². The predicted octanol–water partition coefficient (Wildman–Crippen LogP) is 1.28. The van der Waals surface area contributed by atoms with Crippen molar-refractivity contribution in [2.45, 2.75) is 32.4 Å². The van der Waals surface area contributed by atoms with E-state index >= 15 is 0 Å². The topological polar surface area (TPSA) is 84.1 Å². The van der Waals surface area contributed by atoms with Crippen molar-refractivity contribution in [2.24, 2.45) is 0 Å². The molecule has 2 atom stereocenters. The van der Waals surface area contributed by atoms with E-state index in [9.17, 15) is 5.11 Å². The number of aliphatic hydroxyl groups is 1. The van der Waals surface area contributed by atoms with Gasteiger partial charge in [-0.15, -0.1) is 0 Å². The molecule has 0 amide bonds. The second kappa shape index (κ2) is 5.14. The average molecular weight is 231 g/mol. The lowest BCUT2D eigenvalue weighted by Gasteiger charge is -2.17. The Bertz CT molecular complexity index is 332. The Labute approximate surface area is 93.7 Å². The molecule has 0 aliphatic carbocycles. The third-order valence-electron chi connectivity index (χ3n) is 1.91. The third-order valence-corrected chi connectivity index (χ3v) is 2.21. The van der Waals surface area contributed by atoms with Crippen molar-refractivity contribution in [3.8, 4) is 0 Å². The molecule has 0 spiro atoms. The number of halogens is 1. The van der Waals surface area contributed by atoms with Gasteiger partial charge < -0.3 is 16.2 Å². The van der Waals surface area contributed by atoms with Crippen LogP contribution in [0.1, 0.15) is 20.3 Å². The van der Waals surface area contributed by atoms with Gasteiger partial charge in [-0.25, -0.2) is 9.97 Å². The maximum absolute atomic E-state index is 9.19. The van der Waals surface area contributed by atoms with E-state index in [1.165, 1.54) is 6.33 Å². The highest BCUT2D eigenvalue weighted by Crippen LogP contribution is 2.22. The summed E-state index contributed by atoms with van der Waals surface area (Å²) in [5.74, 6) is 0.503. The summed E-state index contributed by atoms with van der Waals surface area (Å²) in [5.41, 5.74) is 6.01. The minimum Gasteiger partial charge on any atom is -0.393 e. The fraction of sp³-hybridized carbons (Fsp3) is 0.556. The normalized spacial score (nSPS) is 14.7. The zero-order valence-corrected chi connectivity index (χ0v) is 9.49. The largest absolute Gasteiger partial charge is 0.393 e. The first kappa shape index (κ1) is 12.0. The molecule has 1 heterocycles. The summed E-state index contributed by atoms with van der Waals surface area (Å²) >= 11 is 5.74. The standard InChI is InChI=1S/C9H15ClN4O/c1-5(3-6(2)15)14-9-7(11)8(10)12-4-13-9/h4-6,15H,3,11H2,1-2H3,(H,12,13,14). The van der Waals surface area contributed by atoms with E-state index < -0.39 is 0 Å². The van der Waals surface area contributed by atoms with Gasteiger partial charge >= 0.3 is 0 Å². The van der Waals surface area contributed by atoms with Gasteiger partial charge in [-0.2, -0.15) is 0 Å². The van der Waals surface area contributed by atoms with Crippen LogP contribution < -0.4 is 11.1 Å². The van der Waals surface area contributed by atoms with E-state index in [1.807, 2.05) is 6.92 Å². The number of hydrogen-bond acceptors (Lipinski definition) is 5. The molecule has 0 aliphatic rings. The van der Waals surface area contributed by atoms with Gasteiger partial charge in [0.15, 0.2) is 11.0 Å². The fourth-order valence-electron chi connectivity index (χ4n) is 1.29. The molecular weight excluding hydrogens is 216 g/mol. The Kier molecular flexibility index (Phi) is 4.11. The summed E-state index contributed by atoms with van der Waals surface area (Å²) in [6.45, 7) is 3.66. The molecule has 0 aliphatic heterocycles. The monoisotopic (exact) mass is 230 g/mol. The van der Waals surface area contributed by atoms with Crippen LogP contribution in [0.15, 0.2) is 6.33 Å². The quantitative estimate of drug-likeness (QED) is 0.679. The summed E-state index contributed by atoms with van der Waals surface area (Å²) in [6, 6.07) is 0.0678. The number of nitrogen functional groups attached to an aromatic ring is 1. The zero-order valence-electron chi connectivity index (χ0n) is 8.74. The number of rotatable bonds is 4. The summed E-state index contributed by atoms with van der Waals surface area (Å²) in [4.78, 5) is 7.72. The molecular formula is C9H15ClN4O. The van der Waals surface area contributed by atoms with Crippen LogP contribution in [-0.4, -0.2) is 27.2 Å². The van der Waals surface area contributed by atoms with E-state index in [0.29, 0.717) is 17.9 Å². The van der Waals surface area contributed by atoms with E-state index in [-0.39, 0.29) is 17.3 Å². The third kappa shape index (κ3) is 3.53. The van der Waals surface area contributed by atoms with Crippen molar-refractivity contribution >= 4 is 23.1 Å². The Morgan fingerprint density at radius 1 is 1.53 bits per heavy atom. The number of hydrogen-bond donors (Lipinski definition) is 3. The van der Waals surface area contributed by atoms with Crippen molar-refractivity contribution in [1.82, 2.24) is 9.97 Å². The van der Waals surface area contributed by atoms with Crippen molar-refractivity contribution < 1.29 is 5.11 Å². The first-order valence-corrected chi connectivity index (χ1v) is 5.09. The lowest BCUT2D eigenvalue weighted by atomic mass is 10.1. The number of nitrogens with zero attached hydrogens (tertiary/aromatic N) is 2. The highest BCUT2D eigenvalue weighted by Gasteiger charge is 2.10. The van der Waals surface area contributed by atoms with Crippen molar-refractivity contribution in [2.75, 3.05) is 11.1 Å². The van der Waals surface area contributed by atoms with Gasteiger partial charge in [0.05, 0.1) is 6.10 Å². The SMILES string of the molecule is CC(O)CC(C)Nc1ncnc(Cl)c1N. The number of nitrogens with two attached hydrogens (primary N) is 1. The Morgan fingerprint density at radius 2 is 2.20 bits per heavy atom. The van der Waals surface area contributed by atoms with Crippen LogP contribution in [-0.2, 0) is 0 Å². The van der Waals surface area contributed by atoms with Gasteiger partial charge in [0.1, 0.15) is 12.0 Å². The molecule has 0 saturated heterocycles. The first-order valence-electron chi connectivity index (χ1n) is 4.71. The number of aromatic nitrogens is 2. The predicted molar refractivity (Wildman–Crippen MR) is 60.8 cm³/mol. The molecule has 0 saturated carbocycles. The Balaban J connectivity index is 2.68. The molecule has 5 nitrogen and oxygen atoms in total. The van der Waals surface area contributed by atoms with Gasteiger partial charge in [0.2, 0.25) is 0 Å². The molecule has 1 aromatic heterocycles. The van der Waals surface area contributed by atoms with Crippen LogP contribution in [0.3, 0.4) is 0 Å². The number of anilines is 2. The smallest absolute Gasteiger partial charge is 0.157 e. The molecule has 4 N–H and O–H groups in total. The van der Waals surface area contributed by atoms with Crippen LogP contribution >= 0.6 is 11.6 Å². The highest BCUT2D eigenvalue weighted by atomic mass is 35.5. The molecule has 1 rings (SSSR count). The number of nitrogens with one attached hydrogen (secondary N) is 1. The summed E-state index contributed by atoms with van der Waals surface area (Å²) < 4.78 is 0. The first-order chi connectivity index (χ1) is 7.00. The Hall–Kier alpha value is -1.07. The average Bonchev–Trinajstić information content (AvgIpc) is 2.11. The van der Waals surface area contributed by atoms with Crippen molar-refractivity contribution in [3.63, 3.8) is 0 Å². The molecule has 0 bridgehead atoms. The fourth-order valence-corrected chi connectivity index (χ4v) is 1.43. The molecule has 0 fully saturated rings.